The van der Waals surface area contributed by atoms with Crippen LogP contribution in [0.4, 0.5) is 18.9 Å². The number of thioether (sulfide) groups is 1. The summed E-state index contributed by atoms with van der Waals surface area (Å²) in [5.74, 6) is -0.354. The molecule has 0 bridgehead atoms. The number of nitrogens with zero attached hydrogens (tertiary/aromatic N) is 4. The second-order valence-electron chi connectivity index (χ2n) is 6.37. The lowest BCUT2D eigenvalue weighted by molar-refractivity contribution is -0.137. The molecule has 1 atom stereocenters. The van der Waals surface area contributed by atoms with Crippen LogP contribution in [0.25, 0.3) is 0 Å². The van der Waals surface area contributed by atoms with Gasteiger partial charge in [0.15, 0.2) is 0 Å². The first-order chi connectivity index (χ1) is 11.5. The van der Waals surface area contributed by atoms with Crippen molar-refractivity contribution in [1.29, 1.82) is 0 Å². The predicted octanol–water partition coefficient (Wildman–Crippen LogP) is 3.57. The highest BCUT2D eigenvalue weighted by Gasteiger charge is 2.30. The minimum atomic E-state index is -4.41. The van der Waals surface area contributed by atoms with Crippen LogP contribution in [0.15, 0.2) is 29.4 Å². The third kappa shape index (κ3) is 4.94. The van der Waals surface area contributed by atoms with E-state index in [0.717, 1.165) is 12.1 Å². The summed E-state index contributed by atoms with van der Waals surface area (Å²) >= 11 is 1.17. The largest absolute Gasteiger partial charge is 0.416 e. The first-order valence-electron chi connectivity index (χ1n) is 7.42. The first-order valence-corrected chi connectivity index (χ1v) is 8.30. The van der Waals surface area contributed by atoms with Gasteiger partial charge >= 0.3 is 6.18 Å². The molecule has 0 aliphatic heterocycles. The van der Waals surface area contributed by atoms with Gasteiger partial charge in [-0.15, -0.1) is 5.10 Å². The highest BCUT2D eigenvalue weighted by atomic mass is 32.2. The molecular formula is C15H18F3N5OS. The van der Waals surface area contributed by atoms with Crippen LogP contribution >= 0.6 is 11.8 Å². The summed E-state index contributed by atoms with van der Waals surface area (Å²) < 4.78 is 39.2. The van der Waals surface area contributed by atoms with E-state index in [4.69, 9.17) is 0 Å². The van der Waals surface area contributed by atoms with Gasteiger partial charge in [-0.05, 0) is 62.4 Å². The fourth-order valence-corrected chi connectivity index (χ4v) is 2.85. The van der Waals surface area contributed by atoms with E-state index < -0.39 is 17.0 Å². The number of amides is 1. The Hall–Kier alpha value is -2.10. The number of carbonyl (C=O) groups is 1. The van der Waals surface area contributed by atoms with Gasteiger partial charge in [0.2, 0.25) is 11.1 Å². The zero-order valence-electron chi connectivity index (χ0n) is 14.1. The molecule has 2 rings (SSSR count). The second-order valence-corrected chi connectivity index (χ2v) is 7.68. The minimum Gasteiger partial charge on any atom is -0.325 e. The van der Waals surface area contributed by atoms with Crippen LogP contribution in [-0.2, 0) is 16.5 Å². The Balaban J connectivity index is 2.03. The zero-order valence-corrected chi connectivity index (χ0v) is 14.9. The number of halogens is 3. The number of alkyl halides is 3. The Morgan fingerprint density at radius 3 is 2.32 bits per heavy atom. The van der Waals surface area contributed by atoms with Gasteiger partial charge in [0.05, 0.1) is 16.4 Å². The van der Waals surface area contributed by atoms with Gasteiger partial charge in [0.1, 0.15) is 0 Å². The number of benzene rings is 1. The summed E-state index contributed by atoms with van der Waals surface area (Å²) in [7, 11) is 0. The van der Waals surface area contributed by atoms with Gasteiger partial charge in [-0.1, -0.05) is 11.8 Å². The van der Waals surface area contributed by atoms with E-state index in [-0.39, 0.29) is 11.4 Å². The monoisotopic (exact) mass is 373 g/mol. The van der Waals surface area contributed by atoms with E-state index in [0.29, 0.717) is 10.8 Å². The first kappa shape index (κ1) is 19.2. The molecule has 0 aliphatic carbocycles. The summed E-state index contributed by atoms with van der Waals surface area (Å²) in [4.78, 5) is 12.2. The minimum absolute atomic E-state index is 0.292. The molecule has 0 aliphatic rings. The molecule has 0 radical (unpaired) electrons. The van der Waals surface area contributed by atoms with Crippen LogP contribution < -0.4 is 5.32 Å². The normalized spacial score (nSPS) is 13.6. The number of rotatable bonds is 4. The molecule has 1 N–H and O–H groups in total. The predicted molar refractivity (Wildman–Crippen MR) is 88.2 cm³/mol. The maximum absolute atomic E-state index is 12.5. The molecule has 1 amide bonds. The number of hydrogen-bond acceptors (Lipinski definition) is 5. The molecule has 25 heavy (non-hydrogen) atoms. The maximum atomic E-state index is 12.5. The van der Waals surface area contributed by atoms with E-state index in [2.05, 4.69) is 20.8 Å². The van der Waals surface area contributed by atoms with E-state index >= 15 is 0 Å². The molecule has 0 saturated heterocycles. The molecule has 0 saturated carbocycles. The summed E-state index contributed by atoms with van der Waals surface area (Å²) in [5.41, 5.74) is -0.812. The van der Waals surface area contributed by atoms with Crippen LogP contribution in [0.1, 0.15) is 33.3 Å². The van der Waals surface area contributed by atoms with Crippen LogP contribution in [0.2, 0.25) is 0 Å². The Morgan fingerprint density at radius 1 is 1.20 bits per heavy atom. The third-order valence-corrected chi connectivity index (χ3v) is 4.24. The van der Waals surface area contributed by atoms with Gasteiger partial charge in [-0.2, -0.15) is 13.2 Å². The number of carbonyl (C=O) groups excluding carboxylic acids is 1. The van der Waals surface area contributed by atoms with Crippen molar-refractivity contribution < 1.29 is 18.0 Å². The third-order valence-electron chi connectivity index (χ3n) is 3.21. The molecule has 1 unspecified atom stereocenters. The van der Waals surface area contributed by atoms with Crippen LogP contribution in [-0.4, -0.2) is 31.4 Å². The van der Waals surface area contributed by atoms with Crippen molar-refractivity contribution in [3.63, 3.8) is 0 Å². The van der Waals surface area contributed by atoms with Gasteiger partial charge in [-0.3, -0.25) is 4.79 Å². The van der Waals surface area contributed by atoms with E-state index in [1.165, 1.54) is 23.9 Å². The average Bonchev–Trinajstić information content (AvgIpc) is 2.95. The number of tetrazole rings is 1. The molecule has 1 aromatic heterocycles. The molecule has 0 fully saturated rings. The Bertz CT molecular complexity index is 737. The van der Waals surface area contributed by atoms with Crippen molar-refractivity contribution in [2.45, 2.75) is 49.8 Å². The molecule has 6 nitrogen and oxygen atoms in total. The SMILES string of the molecule is CC(Sc1nnnn1C(C)(C)C)C(=O)Nc1ccc(C(F)(F)F)cc1. The van der Waals surface area contributed by atoms with Crippen LogP contribution in [0, 0.1) is 0 Å². The topological polar surface area (TPSA) is 72.7 Å². The highest BCUT2D eigenvalue weighted by molar-refractivity contribution is 8.00. The van der Waals surface area contributed by atoms with Crippen molar-refractivity contribution in [1.82, 2.24) is 20.2 Å². The van der Waals surface area contributed by atoms with E-state index in [1.807, 2.05) is 20.8 Å². The van der Waals surface area contributed by atoms with E-state index in [1.54, 1.807) is 11.6 Å². The lowest BCUT2D eigenvalue weighted by atomic mass is 10.1. The standard InChI is InChI=1S/C15H18F3N5OS/c1-9(25-13-20-21-22-23(13)14(2,3)4)12(24)19-11-7-5-10(6-8-11)15(16,17)18/h5-9H,1-4H3,(H,19,24). The Morgan fingerprint density at radius 2 is 1.80 bits per heavy atom. The molecule has 1 aromatic carbocycles. The molecule has 2 aromatic rings. The van der Waals surface area contributed by atoms with Crippen LogP contribution in [0.3, 0.4) is 0 Å². The Labute approximate surface area is 147 Å². The van der Waals surface area contributed by atoms with Crippen LogP contribution in [0.5, 0.6) is 0 Å². The number of anilines is 1. The molecular weight excluding hydrogens is 355 g/mol. The summed E-state index contributed by atoms with van der Waals surface area (Å²) in [6.07, 6.45) is -4.41. The van der Waals surface area contributed by atoms with Gasteiger partial charge in [0.25, 0.3) is 0 Å². The molecule has 1 heterocycles. The van der Waals surface area contributed by atoms with Crippen molar-refractivity contribution in [3.8, 4) is 0 Å². The van der Waals surface area contributed by atoms with Crippen molar-refractivity contribution >= 4 is 23.4 Å². The van der Waals surface area contributed by atoms with Crippen molar-refractivity contribution in [2.75, 3.05) is 5.32 Å². The number of nitrogens with one attached hydrogen (secondary N) is 1. The quantitative estimate of drug-likeness (QED) is 0.830. The maximum Gasteiger partial charge on any atom is 0.416 e. The van der Waals surface area contributed by atoms with Gasteiger partial charge in [-0.25, -0.2) is 4.68 Å². The Kier molecular flexibility index (Phi) is 5.40. The van der Waals surface area contributed by atoms with Gasteiger partial charge in [0, 0.05) is 5.69 Å². The highest BCUT2D eigenvalue weighted by Crippen LogP contribution is 2.30. The van der Waals surface area contributed by atoms with Gasteiger partial charge < -0.3 is 5.32 Å². The lowest BCUT2D eigenvalue weighted by Gasteiger charge is -2.20. The second kappa shape index (κ2) is 7.03. The lowest BCUT2D eigenvalue weighted by Crippen LogP contribution is -2.27. The fraction of sp³-hybridized carbons (Fsp3) is 0.467. The fourth-order valence-electron chi connectivity index (χ4n) is 1.87. The smallest absolute Gasteiger partial charge is 0.325 e. The molecule has 136 valence electrons. The van der Waals surface area contributed by atoms with Crippen molar-refractivity contribution in [2.24, 2.45) is 0 Å². The molecule has 0 spiro atoms. The number of hydrogen-bond donors (Lipinski definition) is 1. The van der Waals surface area contributed by atoms with E-state index in [9.17, 15) is 18.0 Å². The molecule has 10 heteroatoms. The number of aromatic nitrogens is 4. The summed E-state index contributed by atoms with van der Waals surface area (Å²) in [6, 6.07) is 4.29. The zero-order chi connectivity index (χ0) is 18.8. The average molecular weight is 373 g/mol. The summed E-state index contributed by atoms with van der Waals surface area (Å²) in [5, 5.41) is 14.0. The van der Waals surface area contributed by atoms with Crippen molar-refractivity contribution in [3.05, 3.63) is 29.8 Å². The summed E-state index contributed by atoms with van der Waals surface area (Å²) in [6.45, 7) is 7.47.